The van der Waals surface area contributed by atoms with Crippen LogP contribution in [-0.2, 0) is 0 Å². The number of hydrogen-bond donors (Lipinski definition) is 1. The number of rotatable bonds is 5. The van der Waals surface area contributed by atoms with Gasteiger partial charge >= 0.3 is 0 Å². The average Bonchev–Trinajstić information content (AvgIpc) is 2.43. The fourth-order valence-corrected chi connectivity index (χ4v) is 2.06. The van der Waals surface area contributed by atoms with Crippen molar-refractivity contribution in [3.8, 4) is 12.3 Å². The van der Waals surface area contributed by atoms with Gasteiger partial charge in [-0.25, -0.2) is 0 Å². The molecule has 0 aliphatic heterocycles. The minimum atomic E-state index is 0.236. The summed E-state index contributed by atoms with van der Waals surface area (Å²) in [5.41, 5.74) is 2.26. The summed E-state index contributed by atoms with van der Waals surface area (Å²) in [4.78, 5) is 4.33. The highest BCUT2D eigenvalue weighted by Crippen LogP contribution is 2.21. The fourth-order valence-electron chi connectivity index (χ4n) is 2.06. The van der Waals surface area contributed by atoms with Gasteiger partial charge in [-0.15, -0.1) is 12.3 Å². The zero-order valence-corrected chi connectivity index (χ0v) is 10.7. The van der Waals surface area contributed by atoms with E-state index in [4.69, 9.17) is 6.42 Å². The summed E-state index contributed by atoms with van der Waals surface area (Å²) in [5.74, 6) is 2.75. The SMILES string of the molecule is C#CCC(NCCC)c1ccc2ncccc2c1. The molecule has 92 valence electrons. The van der Waals surface area contributed by atoms with Crippen LogP contribution in [-0.4, -0.2) is 11.5 Å². The Hall–Kier alpha value is -1.85. The van der Waals surface area contributed by atoms with Gasteiger partial charge in [0.15, 0.2) is 0 Å². The highest BCUT2D eigenvalue weighted by molar-refractivity contribution is 5.79. The molecule has 0 fully saturated rings. The zero-order valence-electron chi connectivity index (χ0n) is 10.7. The third-order valence-corrected chi connectivity index (χ3v) is 2.99. The summed E-state index contributed by atoms with van der Waals surface area (Å²) in [7, 11) is 0. The summed E-state index contributed by atoms with van der Waals surface area (Å²) in [6, 6.07) is 10.6. The lowest BCUT2D eigenvalue weighted by atomic mass is 10.0. The Morgan fingerprint density at radius 2 is 2.28 bits per heavy atom. The van der Waals surface area contributed by atoms with Crippen molar-refractivity contribution in [2.75, 3.05) is 6.54 Å². The number of hydrogen-bond acceptors (Lipinski definition) is 2. The first-order chi connectivity index (χ1) is 8.85. The van der Waals surface area contributed by atoms with Crippen molar-refractivity contribution < 1.29 is 0 Å². The largest absolute Gasteiger partial charge is 0.309 e. The average molecular weight is 238 g/mol. The minimum Gasteiger partial charge on any atom is -0.309 e. The van der Waals surface area contributed by atoms with Crippen molar-refractivity contribution in [2.24, 2.45) is 0 Å². The molecule has 1 aromatic heterocycles. The van der Waals surface area contributed by atoms with Gasteiger partial charge in [0.2, 0.25) is 0 Å². The van der Waals surface area contributed by atoms with Gasteiger partial charge < -0.3 is 5.32 Å². The van der Waals surface area contributed by atoms with Gasteiger partial charge in [0, 0.05) is 24.0 Å². The number of fused-ring (bicyclic) bond motifs is 1. The number of nitrogens with zero attached hydrogens (tertiary/aromatic N) is 1. The standard InChI is InChI=1S/C16H18N2/c1-3-6-15(17-10-4-2)14-8-9-16-13(12-14)7-5-11-18-16/h1,5,7-9,11-12,15,17H,4,6,10H2,2H3. The van der Waals surface area contributed by atoms with E-state index in [1.165, 1.54) is 5.56 Å². The Balaban J connectivity index is 2.29. The third-order valence-electron chi connectivity index (χ3n) is 2.99. The lowest BCUT2D eigenvalue weighted by Gasteiger charge is -2.16. The van der Waals surface area contributed by atoms with E-state index in [1.54, 1.807) is 0 Å². The maximum Gasteiger partial charge on any atom is 0.0702 e. The molecule has 1 heterocycles. The normalized spacial score (nSPS) is 12.2. The number of benzene rings is 1. The molecular formula is C16H18N2. The van der Waals surface area contributed by atoms with Crippen LogP contribution in [0.1, 0.15) is 31.4 Å². The molecule has 1 atom stereocenters. The summed E-state index contributed by atoms with van der Waals surface area (Å²) >= 11 is 0. The molecule has 1 aromatic carbocycles. The van der Waals surface area contributed by atoms with E-state index in [-0.39, 0.29) is 6.04 Å². The van der Waals surface area contributed by atoms with Gasteiger partial charge in [-0.1, -0.05) is 19.1 Å². The van der Waals surface area contributed by atoms with Crippen LogP contribution in [0.4, 0.5) is 0 Å². The van der Waals surface area contributed by atoms with Crippen molar-refractivity contribution in [3.05, 3.63) is 42.1 Å². The van der Waals surface area contributed by atoms with E-state index in [2.05, 4.69) is 47.4 Å². The molecule has 2 heteroatoms. The van der Waals surface area contributed by atoms with Crippen molar-refractivity contribution in [1.82, 2.24) is 10.3 Å². The molecule has 18 heavy (non-hydrogen) atoms. The Kier molecular flexibility index (Phi) is 4.33. The molecule has 1 unspecified atom stereocenters. The number of terminal acetylenes is 1. The molecule has 0 saturated carbocycles. The van der Waals surface area contributed by atoms with Crippen LogP contribution in [0.2, 0.25) is 0 Å². The van der Waals surface area contributed by atoms with Gasteiger partial charge in [-0.05, 0) is 36.7 Å². The molecule has 0 aliphatic carbocycles. The summed E-state index contributed by atoms with van der Waals surface area (Å²) < 4.78 is 0. The van der Waals surface area contributed by atoms with Crippen LogP contribution in [0.15, 0.2) is 36.5 Å². The maximum absolute atomic E-state index is 5.45. The van der Waals surface area contributed by atoms with Crippen LogP contribution < -0.4 is 5.32 Å². The van der Waals surface area contributed by atoms with E-state index >= 15 is 0 Å². The van der Waals surface area contributed by atoms with Crippen molar-refractivity contribution in [2.45, 2.75) is 25.8 Å². The monoisotopic (exact) mass is 238 g/mol. The predicted molar refractivity (Wildman–Crippen MR) is 76.2 cm³/mol. The Labute approximate surface area is 108 Å². The Morgan fingerprint density at radius 3 is 3.06 bits per heavy atom. The highest BCUT2D eigenvalue weighted by Gasteiger charge is 2.09. The van der Waals surface area contributed by atoms with Crippen molar-refractivity contribution in [1.29, 1.82) is 0 Å². The molecule has 2 nitrogen and oxygen atoms in total. The number of aromatic nitrogens is 1. The molecule has 1 N–H and O–H groups in total. The molecular weight excluding hydrogens is 220 g/mol. The van der Waals surface area contributed by atoms with E-state index in [1.807, 2.05) is 12.3 Å². The molecule has 0 radical (unpaired) electrons. The molecule has 0 spiro atoms. The second-order valence-corrected chi connectivity index (χ2v) is 4.37. The van der Waals surface area contributed by atoms with Gasteiger partial charge in [0.05, 0.1) is 5.52 Å². The molecule has 0 aliphatic rings. The second-order valence-electron chi connectivity index (χ2n) is 4.37. The fraction of sp³-hybridized carbons (Fsp3) is 0.312. The van der Waals surface area contributed by atoms with E-state index < -0.39 is 0 Å². The van der Waals surface area contributed by atoms with Crippen LogP contribution in [0, 0.1) is 12.3 Å². The maximum atomic E-state index is 5.45. The van der Waals surface area contributed by atoms with Gasteiger partial charge in [0.25, 0.3) is 0 Å². The van der Waals surface area contributed by atoms with Crippen molar-refractivity contribution in [3.63, 3.8) is 0 Å². The smallest absolute Gasteiger partial charge is 0.0702 e. The molecule has 0 saturated heterocycles. The topological polar surface area (TPSA) is 24.9 Å². The molecule has 0 amide bonds. The summed E-state index contributed by atoms with van der Waals surface area (Å²) in [6.07, 6.45) is 9.09. The first-order valence-electron chi connectivity index (χ1n) is 6.36. The first-order valence-corrected chi connectivity index (χ1v) is 6.36. The summed E-state index contributed by atoms with van der Waals surface area (Å²) in [6.45, 7) is 3.14. The van der Waals surface area contributed by atoms with E-state index in [0.29, 0.717) is 6.42 Å². The van der Waals surface area contributed by atoms with Gasteiger partial charge in [0.1, 0.15) is 0 Å². The van der Waals surface area contributed by atoms with Crippen LogP contribution in [0.25, 0.3) is 10.9 Å². The van der Waals surface area contributed by atoms with Gasteiger partial charge in [-0.3, -0.25) is 4.98 Å². The van der Waals surface area contributed by atoms with Crippen LogP contribution in [0.3, 0.4) is 0 Å². The second kappa shape index (κ2) is 6.18. The minimum absolute atomic E-state index is 0.236. The Morgan fingerprint density at radius 1 is 1.39 bits per heavy atom. The zero-order chi connectivity index (χ0) is 12.8. The van der Waals surface area contributed by atoms with Crippen molar-refractivity contribution >= 4 is 10.9 Å². The highest BCUT2D eigenvalue weighted by atomic mass is 14.9. The lowest BCUT2D eigenvalue weighted by molar-refractivity contribution is 0.543. The lowest BCUT2D eigenvalue weighted by Crippen LogP contribution is -2.21. The number of pyridine rings is 1. The molecule has 2 rings (SSSR count). The van der Waals surface area contributed by atoms with E-state index in [9.17, 15) is 0 Å². The van der Waals surface area contributed by atoms with Crippen LogP contribution in [0.5, 0.6) is 0 Å². The van der Waals surface area contributed by atoms with E-state index in [0.717, 1.165) is 23.9 Å². The quantitative estimate of drug-likeness (QED) is 0.808. The Bertz CT molecular complexity index is 554. The molecule has 2 aromatic rings. The van der Waals surface area contributed by atoms with Gasteiger partial charge in [-0.2, -0.15) is 0 Å². The first kappa shape index (κ1) is 12.6. The third kappa shape index (κ3) is 2.88. The molecule has 0 bridgehead atoms. The predicted octanol–water partition coefficient (Wildman–Crippen LogP) is 3.30. The number of nitrogens with one attached hydrogen (secondary N) is 1. The van der Waals surface area contributed by atoms with Crippen LogP contribution >= 0.6 is 0 Å². The summed E-state index contributed by atoms with van der Waals surface area (Å²) in [5, 5.41) is 4.65.